The first-order chi connectivity index (χ1) is 10.3. The summed E-state index contributed by atoms with van der Waals surface area (Å²) in [5.41, 5.74) is 1.22. The topological polar surface area (TPSA) is 20.3 Å². The molecule has 2 aromatic rings. The molecule has 2 rings (SSSR count). The predicted octanol–water partition coefficient (Wildman–Crippen LogP) is 2.31. The van der Waals surface area contributed by atoms with Crippen LogP contribution < -0.4 is 4.46 Å². The predicted molar refractivity (Wildman–Crippen MR) is 87.8 cm³/mol. The van der Waals surface area contributed by atoms with Crippen LogP contribution in [0.15, 0.2) is 60.7 Å². The molecule has 2 aromatic carbocycles. The van der Waals surface area contributed by atoms with Gasteiger partial charge in [-0.3, -0.25) is 0 Å². The molecule has 21 heavy (non-hydrogen) atoms. The number of amides is 1. The first-order valence-corrected chi connectivity index (χ1v) is 8.50. The summed E-state index contributed by atoms with van der Waals surface area (Å²) in [7, 11) is 0. The molecule has 0 saturated heterocycles. The Balaban J connectivity index is 1.95. The van der Waals surface area contributed by atoms with Gasteiger partial charge in [0.2, 0.25) is 0 Å². The standard InChI is InChI=1S/C18H17NOSe/c1-2-14-19(15-13-16-9-5-3-6-10-16)18(20)21-17-11-7-4-8-12-17/h1,3-12H,13-15H2. The minimum absolute atomic E-state index is 0.141. The maximum atomic E-state index is 12.4. The first kappa shape index (κ1) is 15.4. The van der Waals surface area contributed by atoms with Crippen molar-refractivity contribution in [3.05, 3.63) is 66.2 Å². The van der Waals surface area contributed by atoms with Gasteiger partial charge in [-0.2, -0.15) is 0 Å². The normalized spacial score (nSPS) is 9.86. The monoisotopic (exact) mass is 343 g/mol. The van der Waals surface area contributed by atoms with Gasteiger partial charge in [0.05, 0.1) is 0 Å². The first-order valence-electron chi connectivity index (χ1n) is 6.79. The van der Waals surface area contributed by atoms with Crippen LogP contribution in [0.5, 0.6) is 0 Å². The zero-order chi connectivity index (χ0) is 14.9. The van der Waals surface area contributed by atoms with E-state index in [0.717, 1.165) is 10.9 Å². The molecule has 0 unspecified atom stereocenters. The summed E-state index contributed by atoms with van der Waals surface area (Å²) in [6.07, 6.45) is 6.23. The van der Waals surface area contributed by atoms with Crippen molar-refractivity contribution in [3.8, 4) is 12.3 Å². The molecule has 0 spiro atoms. The van der Waals surface area contributed by atoms with E-state index in [1.54, 1.807) is 4.90 Å². The van der Waals surface area contributed by atoms with E-state index < -0.39 is 0 Å². The summed E-state index contributed by atoms with van der Waals surface area (Å²) in [6, 6.07) is 20.0. The molecule has 0 bridgehead atoms. The molecular formula is C18H17NOSe. The van der Waals surface area contributed by atoms with Gasteiger partial charge in [-0.15, -0.1) is 0 Å². The number of hydrogen-bond acceptors (Lipinski definition) is 1. The molecule has 0 heterocycles. The van der Waals surface area contributed by atoms with Crippen molar-refractivity contribution < 1.29 is 4.79 Å². The van der Waals surface area contributed by atoms with Crippen molar-refractivity contribution in [3.63, 3.8) is 0 Å². The van der Waals surface area contributed by atoms with Gasteiger partial charge in [0.25, 0.3) is 0 Å². The molecule has 1 amide bonds. The number of terminal acetylenes is 1. The molecular weight excluding hydrogens is 325 g/mol. The minimum atomic E-state index is -0.213. The van der Waals surface area contributed by atoms with Gasteiger partial charge in [-0.1, -0.05) is 0 Å². The van der Waals surface area contributed by atoms with Crippen molar-refractivity contribution in [1.82, 2.24) is 4.90 Å². The summed E-state index contributed by atoms with van der Waals surface area (Å²) >= 11 is -0.213. The van der Waals surface area contributed by atoms with Crippen LogP contribution in [0, 0.1) is 12.3 Å². The van der Waals surface area contributed by atoms with Crippen molar-refractivity contribution >= 4 is 24.2 Å². The van der Waals surface area contributed by atoms with E-state index >= 15 is 0 Å². The van der Waals surface area contributed by atoms with Crippen LogP contribution in [0.3, 0.4) is 0 Å². The molecule has 3 heteroatoms. The average molecular weight is 342 g/mol. The summed E-state index contributed by atoms with van der Waals surface area (Å²) in [6.45, 7) is 1.04. The quantitative estimate of drug-likeness (QED) is 0.583. The second-order valence-electron chi connectivity index (χ2n) is 4.54. The van der Waals surface area contributed by atoms with Gasteiger partial charge < -0.3 is 0 Å². The molecule has 0 radical (unpaired) electrons. The molecule has 106 valence electrons. The van der Waals surface area contributed by atoms with Gasteiger partial charge >= 0.3 is 132 Å². The van der Waals surface area contributed by atoms with E-state index in [-0.39, 0.29) is 19.8 Å². The van der Waals surface area contributed by atoms with Crippen LogP contribution in [0.1, 0.15) is 5.56 Å². The van der Waals surface area contributed by atoms with E-state index in [9.17, 15) is 4.79 Å². The van der Waals surface area contributed by atoms with Crippen molar-refractivity contribution in [1.29, 1.82) is 0 Å². The van der Waals surface area contributed by atoms with Crippen LogP contribution in [0.25, 0.3) is 0 Å². The molecule has 2 nitrogen and oxygen atoms in total. The second kappa shape index (κ2) is 8.32. The number of hydrogen-bond donors (Lipinski definition) is 0. The fourth-order valence-electron chi connectivity index (χ4n) is 1.91. The third-order valence-electron chi connectivity index (χ3n) is 3.00. The third kappa shape index (κ3) is 5.11. The molecule has 0 aromatic heterocycles. The van der Waals surface area contributed by atoms with Crippen LogP contribution in [0.2, 0.25) is 0 Å². The molecule has 0 atom stereocenters. The van der Waals surface area contributed by atoms with Crippen molar-refractivity contribution in [2.24, 2.45) is 0 Å². The Bertz CT molecular complexity index is 604. The van der Waals surface area contributed by atoms with E-state index in [4.69, 9.17) is 6.42 Å². The van der Waals surface area contributed by atoms with Gasteiger partial charge in [0.15, 0.2) is 0 Å². The summed E-state index contributed by atoms with van der Waals surface area (Å²) < 4.78 is 1.08. The van der Waals surface area contributed by atoms with Crippen molar-refractivity contribution in [2.45, 2.75) is 6.42 Å². The van der Waals surface area contributed by atoms with Crippen molar-refractivity contribution in [2.75, 3.05) is 13.1 Å². The summed E-state index contributed by atoms with van der Waals surface area (Å²) in [5, 5.41) is 0. The Morgan fingerprint density at radius 3 is 2.29 bits per heavy atom. The molecule has 0 saturated carbocycles. The van der Waals surface area contributed by atoms with Crippen LogP contribution in [-0.2, 0) is 6.42 Å². The Kier molecular flexibility index (Phi) is 6.09. The van der Waals surface area contributed by atoms with Gasteiger partial charge in [-0.25, -0.2) is 0 Å². The Morgan fingerprint density at radius 1 is 1.05 bits per heavy atom. The summed E-state index contributed by atoms with van der Waals surface area (Å²) in [5.74, 6) is 2.59. The Labute approximate surface area is 132 Å². The Morgan fingerprint density at radius 2 is 1.67 bits per heavy atom. The zero-order valence-corrected chi connectivity index (χ0v) is 13.4. The Hall–Kier alpha value is -2.01. The third-order valence-corrected chi connectivity index (χ3v) is 4.98. The molecule has 0 aliphatic rings. The fraction of sp³-hybridized carbons (Fsp3) is 0.167. The molecule has 0 aliphatic carbocycles. The van der Waals surface area contributed by atoms with Crippen LogP contribution in [-0.4, -0.2) is 37.8 Å². The van der Waals surface area contributed by atoms with Gasteiger partial charge in [0, 0.05) is 0 Å². The number of rotatable bonds is 6. The van der Waals surface area contributed by atoms with Gasteiger partial charge in [-0.05, 0) is 0 Å². The van der Waals surface area contributed by atoms with Crippen LogP contribution in [0.4, 0.5) is 4.79 Å². The van der Waals surface area contributed by atoms with E-state index in [0.29, 0.717) is 13.1 Å². The van der Waals surface area contributed by atoms with E-state index in [1.807, 2.05) is 48.5 Å². The SMILES string of the molecule is C#CCN(CCc1ccccc1)C(=O)[Se]c1ccccc1. The maximum absolute atomic E-state index is 12.4. The number of carbonyl (C=O) groups is 1. The number of carbonyl (C=O) groups excluding carboxylic acids is 1. The molecule has 0 fully saturated rings. The molecule has 0 aliphatic heterocycles. The fourth-order valence-corrected chi connectivity index (χ4v) is 3.54. The zero-order valence-electron chi connectivity index (χ0n) is 11.7. The van der Waals surface area contributed by atoms with E-state index in [1.165, 1.54) is 5.56 Å². The van der Waals surface area contributed by atoms with Gasteiger partial charge in [0.1, 0.15) is 0 Å². The number of nitrogens with zero attached hydrogens (tertiary/aromatic N) is 1. The second-order valence-corrected chi connectivity index (χ2v) is 6.69. The number of benzene rings is 2. The summed E-state index contributed by atoms with van der Waals surface area (Å²) in [4.78, 5) is 14.3. The van der Waals surface area contributed by atoms with Crippen LogP contribution >= 0.6 is 0 Å². The average Bonchev–Trinajstić information content (AvgIpc) is 2.53. The van der Waals surface area contributed by atoms with E-state index in [2.05, 4.69) is 18.1 Å². The molecule has 0 N–H and O–H groups in total.